The van der Waals surface area contributed by atoms with Gasteiger partial charge in [-0.15, -0.1) is 0 Å². The first-order chi connectivity index (χ1) is 23.7. The van der Waals surface area contributed by atoms with Gasteiger partial charge in [0.1, 0.15) is 0 Å². The van der Waals surface area contributed by atoms with Crippen molar-refractivity contribution in [2.24, 2.45) is 11.8 Å². The summed E-state index contributed by atoms with van der Waals surface area (Å²) in [5.74, 6) is 0.456. The summed E-state index contributed by atoms with van der Waals surface area (Å²) in [4.78, 5) is 44.8. The Hall–Kier alpha value is -2.35. The van der Waals surface area contributed by atoms with Crippen LogP contribution in [0, 0.1) is 11.8 Å². The molecule has 1 saturated heterocycles. The lowest BCUT2D eigenvalue weighted by Crippen LogP contribution is -2.60. The number of nitrogens with zero attached hydrogens (tertiary/aromatic N) is 1. The maximum atomic E-state index is 13.4. The third kappa shape index (κ3) is 22.5. The molecule has 1 aliphatic carbocycles. The fraction of sp³-hybridized carbons (Fsp3) is 0.816. The number of fused-ring (bicyclic) bond motifs is 1. The average molecular weight is 713 g/mol. The molecule has 0 bridgehead atoms. The molecule has 1 saturated carbocycles. The number of amides is 3. The highest BCUT2D eigenvalue weighted by Crippen LogP contribution is 2.39. The number of aliphatic hydroxyl groups excluding tert-OH is 1. The first-order valence-electron chi connectivity index (χ1n) is 19.1. The summed E-state index contributed by atoms with van der Waals surface area (Å²) in [6.45, 7) is 25.2. The number of β-amino-alcohol motifs (C(OH)–C–C–N with tert-alkyl or cyclic N) is 1. The first-order valence-corrected chi connectivity index (χ1v) is 19.1. The van der Waals surface area contributed by atoms with E-state index >= 15 is 0 Å². The Morgan fingerprint density at radius 1 is 0.980 bits per heavy atom. The summed E-state index contributed by atoms with van der Waals surface area (Å²) in [5.41, 5.74) is 2.18. The molecule has 1 heterocycles. The topological polar surface area (TPSA) is 164 Å². The number of allylic oxidation sites excluding steroid dienone is 3. The summed E-state index contributed by atoms with van der Waals surface area (Å²) >= 11 is 0. The number of hydrogen-bond acceptors (Lipinski definition) is 9. The zero-order valence-electron chi connectivity index (χ0n) is 33.7. The first kappa shape index (κ1) is 49.8. The van der Waals surface area contributed by atoms with Crippen molar-refractivity contribution in [2.45, 2.75) is 158 Å². The molecule has 12 heteroatoms. The molecule has 0 spiro atoms. The van der Waals surface area contributed by atoms with Crippen molar-refractivity contribution < 1.29 is 29.5 Å². The van der Waals surface area contributed by atoms with E-state index in [1.807, 2.05) is 81.4 Å². The van der Waals surface area contributed by atoms with Gasteiger partial charge in [-0.2, -0.15) is 0 Å². The summed E-state index contributed by atoms with van der Waals surface area (Å²) in [6.07, 6.45) is 12.0. The molecule has 2 rings (SSSR count). The average Bonchev–Trinajstić information content (AvgIpc) is 3.09. The minimum absolute atomic E-state index is 0.00653. The lowest BCUT2D eigenvalue weighted by Gasteiger charge is -2.47. The molecular formula is C38H76N6O6. The van der Waals surface area contributed by atoms with Gasteiger partial charge >= 0.3 is 0 Å². The van der Waals surface area contributed by atoms with Gasteiger partial charge in [-0.05, 0) is 72.1 Å². The number of carbonyl (C=O) groups excluding carboxylic acids is 3. The molecule has 294 valence electrons. The van der Waals surface area contributed by atoms with E-state index in [0.29, 0.717) is 24.9 Å². The zero-order valence-corrected chi connectivity index (χ0v) is 33.7. The van der Waals surface area contributed by atoms with Crippen molar-refractivity contribution in [3.05, 3.63) is 23.8 Å². The minimum Gasteiger partial charge on any atom is -0.390 e. The molecule has 5 atom stereocenters. The Balaban J connectivity index is 0. The molecule has 0 aromatic rings. The molecule has 2 fully saturated rings. The van der Waals surface area contributed by atoms with E-state index in [9.17, 15) is 19.5 Å². The van der Waals surface area contributed by atoms with Crippen LogP contribution in [0.5, 0.6) is 0 Å². The van der Waals surface area contributed by atoms with Crippen molar-refractivity contribution in [3.8, 4) is 0 Å². The van der Waals surface area contributed by atoms with Gasteiger partial charge in [0.15, 0.2) is 0 Å². The Bertz CT molecular complexity index is 966. The summed E-state index contributed by atoms with van der Waals surface area (Å²) in [7, 11) is 0. The molecule has 7 N–H and O–H groups in total. The van der Waals surface area contributed by atoms with Gasteiger partial charge < -0.3 is 26.4 Å². The van der Waals surface area contributed by atoms with Gasteiger partial charge in [-0.1, -0.05) is 97.2 Å². The predicted octanol–water partition coefficient (Wildman–Crippen LogP) is 5.01. The van der Waals surface area contributed by atoms with Crippen LogP contribution < -0.4 is 26.9 Å². The smallest absolute Gasteiger partial charge is 0.239 e. The number of nitrogens with one attached hydrogen (secondary N) is 5. The summed E-state index contributed by atoms with van der Waals surface area (Å²) in [6, 6.07) is -0.720. The lowest BCUT2D eigenvalue weighted by molar-refractivity contribution is -0.133. The number of hydrogen-bond donors (Lipinski definition) is 7. The van der Waals surface area contributed by atoms with Crippen LogP contribution >= 0.6 is 0 Å². The Labute approximate surface area is 304 Å². The lowest BCUT2D eigenvalue weighted by atomic mass is 9.72. The fourth-order valence-corrected chi connectivity index (χ4v) is 5.94. The van der Waals surface area contributed by atoms with E-state index in [2.05, 4.69) is 44.0 Å². The van der Waals surface area contributed by atoms with Gasteiger partial charge in [0.2, 0.25) is 17.7 Å². The number of piperidine rings is 1. The van der Waals surface area contributed by atoms with Crippen LogP contribution in [0.3, 0.4) is 0 Å². The highest BCUT2D eigenvalue weighted by molar-refractivity contribution is 5.85. The fourth-order valence-electron chi connectivity index (χ4n) is 5.94. The second-order valence-corrected chi connectivity index (χ2v) is 13.7. The second kappa shape index (κ2) is 29.3. The Kier molecular flexibility index (Phi) is 29.1. The molecule has 0 aromatic heterocycles. The third-order valence-electron chi connectivity index (χ3n) is 8.26. The van der Waals surface area contributed by atoms with E-state index in [1.165, 1.54) is 18.5 Å². The van der Waals surface area contributed by atoms with Gasteiger partial charge in [0.25, 0.3) is 0 Å². The van der Waals surface area contributed by atoms with E-state index in [-0.39, 0.29) is 55.0 Å². The quantitative estimate of drug-likeness (QED) is 0.0861. The third-order valence-corrected chi connectivity index (χ3v) is 8.26. The van der Waals surface area contributed by atoms with E-state index in [1.54, 1.807) is 6.92 Å². The van der Waals surface area contributed by atoms with E-state index in [0.717, 1.165) is 37.8 Å². The number of rotatable bonds is 16. The molecule has 5 unspecified atom stereocenters. The highest BCUT2D eigenvalue weighted by Gasteiger charge is 2.41. The van der Waals surface area contributed by atoms with Crippen molar-refractivity contribution in [2.75, 3.05) is 32.8 Å². The molecule has 3 amide bonds. The Morgan fingerprint density at radius 3 is 2.10 bits per heavy atom. The van der Waals surface area contributed by atoms with Crippen molar-refractivity contribution >= 4 is 17.7 Å². The summed E-state index contributed by atoms with van der Waals surface area (Å²) in [5, 5.41) is 31.0. The molecular weight excluding hydrogens is 636 g/mol. The normalized spacial score (nSPS) is 20.5. The molecule has 0 radical (unpaired) electrons. The monoisotopic (exact) mass is 713 g/mol. The van der Waals surface area contributed by atoms with Crippen LogP contribution in [0.2, 0.25) is 0 Å². The van der Waals surface area contributed by atoms with E-state index in [4.69, 9.17) is 5.21 Å². The predicted molar refractivity (Wildman–Crippen MR) is 204 cm³/mol. The van der Waals surface area contributed by atoms with Gasteiger partial charge in [-0.25, -0.2) is 0 Å². The van der Waals surface area contributed by atoms with Gasteiger partial charge in [0, 0.05) is 24.7 Å². The molecule has 0 aromatic carbocycles. The number of carbonyl (C=O) groups is 3. The molecule has 12 nitrogen and oxygen atoms in total. The van der Waals surface area contributed by atoms with Crippen LogP contribution in [-0.4, -0.2) is 95.5 Å². The highest BCUT2D eigenvalue weighted by atomic mass is 16.8. The van der Waals surface area contributed by atoms with Crippen LogP contribution in [0.25, 0.3) is 0 Å². The van der Waals surface area contributed by atoms with Crippen molar-refractivity contribution in [1.82, 2.24) is 31.8 Å². The Morgan fingerprint density at radius 2 is 1.60 bits per heavy atom. The molecule has 50 heavy (non-hydrogen) atoms. The maximum absolute atomic E-state index is 13.4. The van der Waals surface area contributed by atoms with Crippen LogP contribution in [0.4, 0.5) is 0 Å². The SMILES string of the molecule is C/C=C(\C=C/CC)CC(NC(=O)CNC(=O)CNC(C)C)C(O)CN1CC2CCCCC2CC1C(=O)NC(C)(C)C.CC.CC.CCONO. The molecule has 1 aliphatic heterocycles. The number of aliphatic hydroxyl groups is 1. The van der Waals surface area contributed by atoms with Crippen LogP contribution in [-0.2, 0) is 19.2 Å². The minimum atomic E-state index is -0.896. The standard InChI is InChI=1S/C32H57N5O4.C2H7NO2.2C2H6/c1-8-10-13-23(9-2)16-26(35-30(40)19-34-29(39)18-33-22(3)4)28(38)21-37-20-25-15-12-11-14-24(25)17-27(37)31(41)36-32(5,6)7;1-2-5-3-4;2*1-2/h9-10,13,22,24-28,33,38H,8,11-12,14-21H2,1-7H3,(H,34,39)(H,35,40)(H,36,41);3-4H,2H2,1H3;2*1-2H3/b13-10-,23-9+;;;. The van der Waals surface area contributed by atoms with Gasteiger partial charge in [-0.3, -0.25) is 29.3 Å². The zero-order chi connectivity index (χ0) is 38.7. The van der Waals surface area contributed by atoms with Crippen molar-refractivity contribution in [1.29, 1.82) is 0 Å². The largest absolute Gasteiger partial charge is 0.390 e. The molecule has 2 aliphatic rings. The van der Waals surface area contributed by atoms with Gasteiger partial charge in [0.05, 0.1) is 37.9 Å². The summed E-state index contributed by atoms with van der Waals surface area (Å²) < 4.78 is 0. The maximum Gasteiger partial charge on any atom is 0.239 e. The van der Waals surface area contributed by atoms with Crippen molar-refractivity contribution in [3.63, 3.8) is 0 Å². The second-order valence-electron chi connectivity index (χ2n) is 13.7. The van der Waals surface area contributed by atoms with Crippen LogP contribution in [0.15, 0.2) is 23.8 Å². The van der Waals surface area contributed by atoms with Crippen LogP contribution in [0.1, 0.15) is 128 Å². The number of likely N-dealkylation sites (tertiary alicyclic amines) is 1. The van der Waals surface area contributed by atoms with E-state index < -0.39 is 12.1 Å².